The number of carbonyl (C=O) groups excluding carboxylic acids is 2. The molecule has 11 atom stereocenters. The number of Topliss-reactive ketones (excluding diaryl/α,β-unsaturated/α-hetero) is 1. The van der Waals surface area contributed by atoms with Gasteiger partial charge in [-0.25, -0.2) is 8.49 Å². The summed E-state index contributed by atoms with van der Waals surface area (Å²) in [5.74, 6) is -6.52. The topological polar surface area (TPSA) is 151 Å². The van der Waals surface area contributed by atoms with Crippen molar-refractivity contribution in [3.8, 4) is 0 Å². The molecular weight excluding hydrogens is 466 g/mol. The van der Waals surface area contributed by atoms with E-state index in [4.69, 9.17) is 8.92 Å². The monoisotopic (exact) mass is 497 g/mol. The number of hydrogen-bond donors (Lipinski definition) is 3. The Kier molecular flexibility index (Phi) is 4.15. The number of fused-ring (bicyclic) bond motifs is 1. The Hall–Kier alpha value is -1.37. The van der Waals surface area contributed by atoms with Crippen molar-refractivity contribution in [2.45, 2.75) is 70.7 Å². The van der Waals surface area contributed by atoms with Crippen LogP contribution in [0.3, 0.4) is 0 Å². The van der Waals surface area contributed by atoms with Crippen molar-refractivity contribution in [2.75, 3.05) is 6.61 Å². The lowest BCUT2D eigenvalue weighted by Crippen LogP contribution is -2.90. The SMILES string of the molecule is C=C(C)[C@@H]1CC[C@H]2[C@@]34CO[C@@](O)([C@@H](O)[C@@H]3C(C)(C)[C@H]3OS(=O)(=O)N5C(=O)[C@@H]4[C@@H]35)[C@@]2(C(C)=O)[C@@H]1O. The summed E-state index contributed by atoms with van der Waals surface area (Å²) in [7, 11) is -4.28. The minimum atomic E-state index is -4.28. The minimum absolute atomic E-state index is 0.133. The van der Waals surface area contributed by atoms with Crippen LogP contribution >= 0.6 is 0 Å². The third kappa shape index (κ3) is 1.98. The van der Waals surface area contributed by atoms with E-state index in [0.717, 1.165) is 4.31 Å². The minimum Gasteiger partial charge on any atom is -0.391 e. The van der Waals surface area contributed by atoms with Crippen molar-refractivity contribution in [3.05, 3.63) is 12.2 Å². The van der Waals surface area contributed by atoms with Gasteiger partial charge in [0.2, 0.25) is 11.7 Å². The highest BCUT2D eigenvalue weighted by Gasteiger charge is 2.90. The summed E-state index contributed by atoms with van der Waals surface area (Å²) in [6, 6.07) is -0.787. The smallest absolute Gasteiger partial charge is 0.365 e. The number of carbonyl (C=O) groups is 2. The van der Waals surface area contributed by atoms with Gasteiger partial charge >= 0.3 is 10.3 Å². The summed E-state index contributed by atoms with van der Waals surface area (Å²) in [5, 5.41) is 35.4. The van der Waals surface area contributed by atoms with Gasteiger partial charge in [0.15, 0.2) is 0 Å². The zero-order valence-electron chi connectivity index (χ0n) is 19.6. The van der Waals surface area contributed by atoms with Crippen LogP contribution in [0.25, 0.3) is 0 Å². The Labute approximate surface area is 198 Å². The number of β-lactam (4-membered cyclic amide) rings is 1. The van der Waals surface area contributed by atoms with Crippen molar-refractivity contribution in [1.29, 1.82) is 0 Å². The van der Waals surface area contributed by atoms with Crippen LogP contribution < -0.4 is 0 Å². The third-order valence-corrected chi connectivity index (χ3v) is 11.8. The van der Waals surface area contributed by atoms with Gasteiger partial charge in [0, 0.05) is 22.7 Å². The van der Waals surface area contributed by atoms with Crippen LogP contribution in [0, 0.1) is 39.9 Å². The van der Waals surface area contributed by atoms with E-state index in [-0.39, 0.29) is 6.61 Å². The molecule has 34 heavy (non-hydrogen) atoms. The van der Waals surface area contributed by atoms with Crippen LogP contribution in [-0.2, 0) is 28.8 Å². The number of hydrogen-bond acceptors (Lipinski definition) is 9. The Morgan fingerprint density at radius 1 is 1.18 bits per heavy atom. The van der Waals surface area contributed by atoms with E-state index in [2.05, 4.69) is 6.58 Å². The Bertz CT molecular complexity index is 1150. The molecule has 7 rings (SSSR count). The molecule has 0 aromatic heterocycles. The van der Waals surface area contributed by atoms with E-state index in [0.29, 0.717) is 18.4 Å². The van der Waals surface area contributed by atoms with E-state index >= 15 is 0 Å². The zero-order valence-corrected chi connectivity index (χ0v) is 20.4. The highest BCUT2D eigenvalue weighted by molar-refractivity contribution is 7.85. The second-order valence-corrected chi connectivity index (χ2v) is 13.3. The molecular formula is C23H31NO9S. The molecule has 7 aliphatic rings. The van der Waals surface area contributed by atoms with Crippen LogP contribution in [-0.4, -0.2) is 76.5 Å². The summed E-state index contributed by atoms with van der Waals surface area (Å²) >= 11 is 0. The van der Waals surface area contributed by atoms with Crippen molar-refractivity contribution in [3.63, 3.8) is 0 Å². The molecule has 4 heterocycles. The van der Waals surface area contributed by atoms with Gasteiger partial charge in [-0.05, 0) is 32.6 Å². The van der Waals surface area contributed by atoms with E-state index in [1.807, 2.05) is 0 Å². The van der Waals surface area contributed by atoms with E-state index in [9.17, 15) is 33.3 Å². The average molecular weight is 498 g/mol. The summed E-state index contributed by atoms with van der Waals surface area (Å²) in [6.07, 6.45) is -3.10. The predicted octanol–water partition coefficient (Wildman–Crippen LogP) is -0.269. The molecule has 0 radical (unpaired) electrons. The van der Waals surface area contributed by atoms with Gasteiger partial charge in [-0.2, -0.15) is 8.42 Å². The summed E-state index contributed by atoms with van der Waals surface area (Å²) in [4.78, 5) is 26.9. The van der Waals surface area contributed by atoms with Crippen molar-refractivity contribution < 1.29 is 42.2 Å². The molecule has 1 amide bonds. The molecule has 1 spiro atoms. The first-order chi connectivity index (χ1) is 15.6. The highest BCUT2D eigenvalue weighted by atomic mass is 32.2. The number of amides is 1. The highest BCUT2D eigenvalue weighted by Crippen LogP contribution is 2.78. The molecule has 0 aromatic rings. The largest absolute Gasteiger partial charge is 0.391 e. The normalized spacial score (nSPS) is 55.6. The fraction of sp³-hybridized carbons (Fsp3) is 0.826. The number of ether oxygens (including phenoxy) is 1. The Morgan fingerprint density at radius 3 is 2.41 bits per heavy atom. The maximum Gasteiger partial charge on any atom is 0.365 e. The van der Waals surface area contributed by atoms with Gasteiger partial charge in [-0.1, -0.05) is 26.0 Å². The van der Waals surface area contributed by atoms with Gasteiger partial charge in [0.05, 0.1) is 24.7 Å². The molecule has 3 saturated carbocycles. The van der Waals surface area contributed by atoms with Crippen LogP contribution in [0.15, 0.2) is 12.2 Å². The first-order valence-electron chi connectivity index (χ1n) is 11.8. The maximum atomic E-state index is 13.5. The van der Waals surface area contributed by atoms with Crippen molar-refractivity contribution >= 4 is 22.0 Å². The zero-order chi connectivity index (χ0) is 25.0. The second kappa shape index (κ2) is 6.12. The lowest BCUT2D eigenvalue weighted by atomic mass is 9.31. The molecule has 4 saturated heterocycles. The first-order valence-corrected chi connectivity index (χ1v) is 13.1. The van der Waals surface area contributed by atoms with Gasteiger partial charge in [0.1, 0.15) is 23.4 Å². The van der Waals surface area contributed by atoms with E-state index in [1.165, 1.54) is 6.92 Å². The quantitative estimate of drug-likeness (QED) is 0.346. The lowest BCUT2D eigenvalue weighted by molar-refractivity contribution is -0.464. The standard InChI is InChI=1S/C23H31NO9S/c1-9(2)11-6-7-12-21-8-32-23(29,22(12,10(3)25)16(11)26)17(27)15(21)20(4,5)18-14-13(21)19(28)24(14)34(30,31)33-18/h11-18,26-27,29H,1,6-8H2,2-5H3/t11-,12-,13-,14-,15+,16+,17-,18-,21+,22+,23-/m0/s1. The van der Waals surface area contributed by atoms with E-state index < -0.39 is 92.1 Å². The number of aliphatic hydroxyl groups excluding tert-OH is 2. The van der Waals surface area contributed by atoms with Gasteiger partial charge < -0.3 is 20.1 Å². The van der Waals surface area contributed by atoms with Crippen LogP contribution in [0.4, 0.5) is 0 Å². The number of rotatable bonds is 2. The summed E-state index contributed by atoms with van der Waals surface area (Å²) < 4.78 is 37.5. The summed E-state index contributed by atoms with van der Waals surface area (Å²) in [6.45, 7) is 10.4. The van der Waals surface area contributed by atoms with Crippen molar-refractivity contribution in [1.82, 2.24) is 4.31 Å². The van der Waals surface area contributed by atoms with Gasteiger partial charge in [0.25, 0.3) is 0 Å². The molecule has 0 aromatic carbocycles. The van der Waals surface area contributed by atoms with Gasteiger partial charge in [-0.15, -0.1) is 0 Å². The number of ketones is 1. The average Bonchev–Trinajstić information content (AvgIpc) is 2.97. The molecule has 7 fully saturated rings. The maximum absolute atomic E-state index is 13.5. The first kappa shape index (κ1) is 23.1. The Balaban J connectivity index is 1.64. The third-order valence-electron chi connectivity index (χ3n) is 10.4. The molecule has 4 aliphatic heterocycles. The lowest BCUT2D eigenvalue weighted by Gasteiger charge is -2.78. The number of nitrogens with zero attached hydrogens (tertiary/aromatic N) is 1. The fourth-order valence-corrected chi connectivity index (χ4v) is 11.0. The predicted molar refractivity (Wildman–Crippen MR) is 115 cm³/mol. The second-order valence-electron chi connectivity index (χ2n) is 11.9. The van der Waals surface area contributed by atoms with Gasteiger partial charge in [-0.3, -0.25) is 9.59 Å². The molecule has 11 heteroatoms. The molecule has 2 bridgehead atoms. The molecule has 3 N–H and O–H groups in total. The molecule has 0 unspecified atom stereocenters. The number of aliphatic hydroxyl groups is 3. The van der Waals surface area contributed by atoms with Crippen molar-refractivity contribution in [2.24, 2.45) is 39.9 Å². The Morgan fingerprint density at radius 2 is 1.82 bits per heavy atom. The summed E-state index contributed by atoms with van der Waals surface area (Å²) in [5.41, 5.74) is -3.42. The molecule has 10 nitrogen and oxygen atoms in total. The van der Waals surface area contributed by atoms with E-state index in [1.54, 1.807) is 20.8 Å². The van der Waals surface area contributed by atoms with Crippen LogP contribution in [0.1, 0.15) is 40.5 Å². The fourth-order valence-electron chi connectivity index (χ4n) is 9.41. The van der Waals surface area contributed by atoms with Crippen LogP contribution in [0.2, 0.25) is 0 Å². The molecule has 188 valence electrons. The molecule has 3 aliphatic carbocycles. The van der Waals surface area contributed by atoms with Crippen LogP contribution in [0.5, 0.6) is 0 Å².